The van der Waals surface area contributed by atoms with Crippen molar-refractivity contribution in [1.29, 1.82) is 0 Å². The van der Waals surface area contributed by atoms with Gasteiger partial charge in [-0.05, 0) is 60.2 Å². The van der Waals surface area contributed by atoms with Gasteiger partial charge in [0, 0.05) is 4.83 Å². The summed E-state index contributed by atoms with van der Waals surface area (Å²) < 4.78 is 0. The molecule has 0 saturated heterocycles. The highest BCUT2D eigenvalue weighted by Crippen LogP contribution is 2.71. The molecule has 6 atom stereocenters. The molecule has 0 aromatic heterocycles. The number of halogens is 1. The van der Waals surface area contributed by atoms with Crippen molar-refractivity contribution >= 4 is 15.9 Å². The normalized spacial score (nSPS) is 58.7. The molecule has 3 rings (SSSR count). The maximum Gasteiger partial charge on any atom is 0.0200 e. The van der Waals surface area contributed by atoms with Crippen LogP contribution >= 0.6 is 15.9 Å². The van der Waals surface area contributed by atoms with Gasteiger partial charge in [0.1, 0.15) is 0 Å². The first-order valence-electron chi connectivity index (χ1n) is 7.03. The van der Waals surface area contributed by atoms with Crippen molar-refractivity contribution in [1.82, 2.24) is 0 Å². The minimum atomic E-state index is 0.508. The molecule has 3 fully saturated rings. The molecule has 92 valence electrons. The summed E-state index contributed by atoms with van der Waals surface area (Å²) in [6, 6.07) is 0. The van der Waals surface area contributed by atoms with Crippen molar-refractivity contribution in [3.63, 3.8) is 0 Å². The predicted molar refractivity (Wildman–Crippen MR) is 72.7 cm³/mol. The molecule has 16 heavy (non-hydrogen) atoms. The Hall–Kier alpha value is 0.480. The van der Waals surface area contributed by atoms with Crippen LogP contribution in [0, 0.1) is 34.5 Å². The van der Waals surface area contributed by atoms with Crippen LogP contribution in [0.15, 0.2) is 0 Å². The standard InChI is InChI=1S/C15H25Br/c1-9-10-5-6-11-13(10)14(2,3)12(16)7-8-15(9,11)4/h9-13H,5-8H2,1-4H3. The van der Waals surface area contributed by atoms with Crippen LogP contribution < -0.4 is 0 Å². The molecule has 4 bridgehead atoms. The Bertz CT molecular complexity index is 309. The molecule has 0 aliphatic heterocycles. The van der Waals surface area contributed by atoms with Gasteiger partial charge in [0.15, 0.2) is 0 Å². The summed E-state index contributed by atoms with van der Waals surface area (Å²) in [4.78, 5) is 0.738. The van der Waals surface area contributed by atoms with E-state index in [0.29, 0.717) is 10.8 Å². The maximum atomic E-state index is 3.99. The van der Waals surface area contributed by atoms with E-state index < -0.39 is 0 Å². The lowest BCUT2D eigenvalue weighted by molar-refractivity contribution is 0.101. The lowest BCUT2D eigenvalue weighted by Gasteiger charge is -2.41. The first-order valence-corrected chi connectivity index (χ1v) is 7.94. The molecule has 3 aliphatic rings. The van der Waals surface area contributed by atoms with Crippen LogP contribution in [0.25, 0.3) is 0 Å². The van der Waals surface area contributed by atoms with E-state index in [-0.39, 0.29) is 0 Å². The van der Waals surface area contributed by atoms with E-state index in [4.69, 9.17) is 0 Å². The number of hydrogen-bond acceptors (Lipinski definition) is 0. The highest BCUT2D eigenvalue weighted by Gasteiger charge is 2.64. The first-order chi connectivity index (χ1) is 7.39. The molecule has 1 heteroatoms. The summed E-state index contributed by atoms with van der Waals surface area (Å²) in [5, 5.41) is 0. The molecule has 0 heterocycles. The third-order valence-corrected chi connectivity index (χ3v) is 8.48. The van der Waals surface area contributed by atoms with Gasteiger partial charge >= 0.3 is 0 Å². The first kappa shape index (κ1) is 11.6. The summed E-state index contributed by atoms with van der Waals surface area (Å²) in [5.74, 6) is 3.99. The Morgan fingerprint density at radius 3 is 2.44 bits per heavy atom. The Morgan fingerprint density at radius 2 is 1.75 bits per heavy atom. The van der Waals surface area contributed by atoms with Crippen molar-refractivity contribution in [3.8, 4) is 0 Å². The van der Waals surface area contributed by atoms with Gasteiger partial charge in [0.25, 0.3) is 0 Å². The van der Waals surface area contributed by atoms with E-state index >= 15 is 0 Å². The van der Waals surface area contributed by atoms with Gasteiger partial charge in [-0.25, -0.2) is 0 Å². The highest BCUT2D eigenvalue weighted by molar-refractivity contribution is 9.09. The van der Waals surface area contributed by atoms with E-state index in [1.54, 1.807) is 0 Å². The fourth-order valence-corrected chi connectivity index (χ4v) is 6.19. The Kier molecular flexibility index (Phi) is 2.37. The van der Waals surface area contributed by atoms with E-state index in [1.807, 2.05) is 0 Å². The monoisotopic (exact) mass is 284 g/mol. The summed E-state index contributed by atoms with van der Waals surface area (Å²) in [6.07, 6.45) is 5.85. The summed E-state index contributed by atoms with van der Waals surface area (Å²) in [7, 11) is 0. The minimum Gasteiger partial charge on any atom is -0.0885 e. The largest absolute Gasteiger partial charge is 0.0885 e. The summed E-state index contributed by atoms with van der Waals surface area (Å²) in [5.41, 5.74) is 1.17. The van der Waals surface area contributed by atoms with Gasteiger partial charge in [0.05, 0.1) is 0 Å². The molecule has 0 N–H and O–H groups in total. The van der Waals surface area contributed by atoms with Gasteiger partial charge in [-0.2, -0.15) is 0 Å². The third kappa shape index (κ3) is 1.17. The van der Waals surface area contributed by atoms with Gasteiger partial charge in [-0.3, -0.25) is 0 Å². The second-order valence-electron chi connectivity index (χ2n) is 7.50. The Morgan fingerprint density at radius 1 is 1.06 bits per heavy atom. The average Bonchev–Trinajstić information content (AvgIpc) is 2.72. The van der Waals surface area contributed by atoms with Crippen LogP contribution in [0.5, 0.6) is 0 Å². The zero-order valence-electron chi connectivity index (χ0n) is 11.1. The van der Waals surface area contributed by atoms with Gasteiger partial charge in [0.2, 0.25) is 0 Å². The van der Waals surface area contributed by atoms with Gasteiger partial charge in [-0.1, -0.05) is 43.6 Å². The topological polar surface area (TPSA) is 0 Å². The second-order valence-corrected chi connectivity index (χ2v) is 8.60. The highest BCUT2D eigenvalue weighted by atomic mass is 79.9. The fraction of sp³-hybridized carbons (Fsp3) is 1.00. The van der Waals surface area contributed by atoms with Crippen LogP contribution in [0.4, 0.5) is 0 Å². The third-order valence-electron chi connectivity index (χ3n) is 6.84. The number of rotatable bonds is 0. The molecular formula is C15H25Br. The lowest BCUT2D eigenvalue weighted by Crippen LogP contribution is -2.36. The average molecular weight is 285 g/mol. The summed E-state index contributed by atoms with van der Waals surface area (Å²) in [6.45, 7) is 10.2. The summed E-state index contributed by atoms with van der Waals surface area (Å²) >= 11 is 3.99. The van der Waals surface area contributed by atoms with E-state index in [1.165, 1.54) is 25.7 Å². The molecule has 6 unspecified atom stereocenters. The smallest absolute Gasteiger partial charge is 0.0200 e. The van der Waals surface area contributed by atoms with Crippen LogP contribution in [0.2, 0.25) is 0 Å². The van der Waals surface area contributed by atoms with Crippen molar-refractivity contribution in [2.45, 2.75) is 58.2 Å². The lowest BCUT2D eigenvalue weighted by atomic mass is 9.66. The predicted octanol–water partition coefficient (Wildman–Crippen LogP) is 4.87. The molecule has 0 spiro atoms. The molecule has 0 radical (unpaired) electrons. The molecule has 3 aliphatic carbocycles. The van der Waals surface area contributed by atoms with Crippen LogP contribution in [0.3, 0.4) is 0 Å². The second kappa shape index (κ2) is 3.28. The van der Waals surface area contributed by atoms with E-state index in [2.05, 4.69) is 43.6 Å². The number of hydrogen-bond donors (Lipinski definition) is 0. The molecule has 3 saturated carbocycles. The van der Waals surface area contributed by atoms with Crippen molar-refractivity contribution in [2.24, 2.45) is 34.5 Å². The molecule has 0 nitrogen and oxygen atoms in total. The van der Waals surface area contributed by atoms with Gasteiger partial charge in [-0.15, -0.1) is 0 Å². The van der Waals surface area contributed by atoms with Crippen LogP contribution in [-0.4, -0.2) is 4.83 Å². The molecule has 0 aromatic rings. The molecule has 0 amide bonds. The van der Waals surface area contributed by atoms with Crippen LogP contribution in [0.1, 0.15) is 53.4 Å². The van der Waals surface area contributed by atoms with E-state index in [9.17, 15) is 0 Å². The quantitative estimate of drug-likeness (QED) is 0.557. The minimum absolute atomic E-state index is 0.508. The molecular weight excluding hydrogens is 260 g/mol. The van der Waals surface area contributed by atoms with E-state index in [0.717, 1.165) is 28.5 Å². The fourth-order valence-electron chi connectivity index (χ4n) is 5.66. The Balaban J connectivity index is 2.07. The Labute approximate surface area is 109 Å². The molecule has 0 aromatic carbocycles. The van der Waals surface area contributed by atoms with Crippen molar-refractivity contribution in [3.05, 3.63) is 0 Å². The van der Waals surface area contributed by atoms with Crippen LogP contribution in [-0.2, 0) is 0 Å². The maximum absolute atomic E-state index is 3.99. The SMILES string of the molecule is CC1C2CCC3C2C(C)(C)C(Br)CCC13C. The van der Waals surface area contributed by atoms with Crippen molar-refractivity contribution in [2.75, 3.05) is 0 Å². The van der Waals surface area contributed by atoms with Gasteiger partial charge < -0.3 is 0 Å². The zero-order valence-corrected chi connectivity index (χ0v) is 12.7. The van der Waals surface area contributed by atoms with Crippen molar-refractivity contribution < 1.29 is 0 Å². The number of alkyl halides is 1. The zero-order chi connectivity index (χ0) is 11.7.